The van der Waals surface area contributed by atoms with Gasteiger partial charge < -0.3 is 0 Å². The average molecular weight is 603 g/mol. The summed E-state index contributed by atoms with van der Waals surface area (Å²) in [5.41, 5.74) is 0.617. The van der Waals surface area contributed by atoms with E-state index in [1.807, 2.05) is 0 Å². The summed E-state index contributed by atoms with van der Waals surface area (Å²) >= 11 is 0. The summed E-state index contributed by atoms with van der Waals surface area (Å²) in [7, 11) is 0. The van der Waals surface area contributed by atoms with Crippen LogP contribution in [0.4, 0.5) is 0 Å². The Morgan fingerprint density at radius 1 is 0.512 bits per heavy atom. The summed E-state index contributed by atoms with van der Waals surface area (Å²) in [6, 6.07) is 0. The van der Waals surface area contributed by atoms with Gasteiger partial charge in [-0.05, 0) is 103 Å². The molecule has 4 rings (SSSR count). The van der Waals surface area contributed by atoms with Gasteiger partial charge in [0, 0.05) is 0 Å². The standard InChI is InChI=1S/C12H24.C11H22.2C10H20/c1-4-11-7-5-6-8-12(11)9-10(2)3;1-9(2)10-7-5-6-8-11(10,3)4;2*1-8(2)10-7-5-4-6-9(10)3/h10-12H,4-9H2,1-3H3;9-10H,5-8H2,1-4H3;2*8-10H,4-7H2,1-3H3. The van der Waals surface area contributed by atoms with Crippen molar-refractivity contribution in [2.24, 2.45) is 70.5 Å². The van der Waals surface area contributed by atoms with Gasteiger partial charge in [0.2, 0.25) is 0 Å². The third kappa shape index (κ3) is 15.9. The van der Waals surface area contributed by atoms with E-state index in [1.165, 1.54) is 116 Å². The first kappa shape index (κ1) is 41.0. The SMILES string of the molecule is CC(C)C1CCCCC1(C)C.CC(C)C1CCCCC1C.CC(C)C1CCCCC1C.CCC1CCCCC1CC(C)C. The van der Waals surface area contributed by atoms with Crippen molar-refractivity contribution >= 4 is 0 Å². The summed E-state index contributed by atoms with van der Waals surface area (Å²) in [6.07, 6.45) is 26.5. The maximum absolute atomic E-state index is 2.44. The van der Waals surface area contributed by atoms with Crippen LogP contribution in [-0.2, 0) is 0 Å². The molecule has 4 saturated carbocycles. The molecule has 4 fully saturated rings. The van der Waals surface area contributed by atoms with Crippen LogP contribution in [0.25, 0.3) is 0 Å². The molecule has 0 saturated heterocycles. The van der Waals surface area contributed by atoms with E-state index in [0.717, 1.165) is 65.1 Å². The third-order valence-electron chi connectivity index (χ3n) is 12.8. The summed E-state index contributed by atoms with van der Waals surface area (Å²) in [4.78, 5) is 0. The van der Waals surface area contributed by atoms with E-state index in [1.54, 1.807) is 0 Å². The van der Waals surface area contributed by atoms with Gasteiger partial charge in [-0.25, -0.2) is 0 Å². The van der Waals surface area contributed by atoms with Crippen LogP contribution in [0, 0.1) is 70.5 Å². The van der Waals surface area contributed by atoms with Crippen LogP contribution in [0.3, 0.4) is 0 Å². The Morgan fingerprint density at radius 3 is 1.26 bits per heavy atom. The summed E-state index contributed by atoms with van der Waals surface area (Å²) in [6.45, 7) is 31.0. The second kappa shape index (κ2) is 21.7. The van der Waals surface area contributed by atoms with Crippen molar-refractivity contribution in [3.63, 3.8) is 0 Å². The molecule has 0 heterocycles. The van der Waals surface area contributed by atoms with E-state index < -0.39 is 0 Å². The Morgan fingerprint density at radius 2 is 0.930 bits per heavy atom. The largest absolute Gasteiger partial charge is 0.0651 e. The zero-order chi connectivity index (χ0) is 32.6. The van der Waals surface area contributed by atoms with Crippen LogP contribution >= 0.6 is 0 Å². The average Bonchev–Trinajstić information content (AvgIpc) is 2.94. The van der Waals surface area contributed by atoms with Gasteiger partial charge in [0.1, 0.15) is 0 Å². The lowest BCUT2D eigenvalue weighted by molar-refractivity contribution is 0.0958. The quantitative estimate of drug-likeness (QED) is 0.284. The van der Waals surface area contributed by atoms with Crippen molar-refractivity contribution in [3.05, 3.63) is 0 Å². The smallest absolute Gasteiger partial charge is 0.0323 e. The molecule has 43 heavy (non-hydrogen) atoms. The van der Waals surface area contributed by atoms with E-state index in [9.17, 15) is 0 Å². The van der Waals surface area contributed by atoms with Crippen molar-refractivity contribution in [3.8, 4) is 0 Å². The Kier molecular flexibility index (Phi) is 20.7. The number of hydrogen-bond acceptors (Lipinski definition) is 0. The predicted octanol–water partition coefficient (Wildman–Crippen LogP) is 15.0. The normalized spacial score (nSPS) is 32.7. The van der Waals surface area contributed by atoms with E-state index in [-0.39, 0.29) is 0 Å². The van der Waals surface area contributed by atoms with Crippen molar-refractivity contribution < 1.29 is 0 Å². The first-order valence-electron chi connectivity index (χ1n) is 20.2. The Hall–Kier alpha value is 0. The molecule has 4 aliphatic rings. The van der Waals surface area contributed by atoms with Crippen LogP contribution in [-0.4, -0.2) is 0 Å². The number of rotatable bonds is 6. The molecule has 0 bridgehead atoms. The predicted molar refractivity (Wildman–Crippen MR) is 198 cm³/mol. The fraction of sp³-hybridized carbons (Fsp3) is 1.00. The summed E-state index contributed by atoms with van der Waals surface area (Å²) < 4.78 is 0. The van der Waals surface area contributed by atoms with E-state index in [0.29, 0.717) is 5.41 Å². The molecule has 258 valence electrons. The summed E-state index contributed by atoms with van der Waals surface area (Å²) in [5, 5.41) is 0. The molecule has 0 nitrogen and oxygen atoms in total. The first-order valence-corrected chi connectivity index (χ1v) is 20.2. The van der Waals surface area contributed by atoms with Crippen LogP contribution in [0.2, 0.25) is 0 Å². The van der Waals surface area contributed by atoms with Gasteiger partial charge in [-0.2, -0.15) is 0 Å². The van der Waals surface area contributed by atoms with E-state index >= 15 is 0 Å². The summed E-state index contributed by atoms with van der Waals surface area (Å²) in [5.74, 6) is 10.7. The van der Waals surface area contributed by atoms with Gasteiger partial charge in [0.05, 0.1) is 0 Å². The minimum Gasteiger partial charge on any atom is -0.0651 e. The molecule has 4 aliphatic carbocycles. The minimum atomic E-state index is 0.617. The fourth-order valence-corrected chi connectivity index (χ4v) is 10.2. The van der Waals surface area contributed by atoms with Gasteiger partial charge in [-0.1, -0.05) is 173 Å². The van der Waals surface area contributed by atoms with Gasteiger partial charge in [0.25, 0.3) is 0 Å². The van der Waals surface area contributed by atoms with Crippen molar-refractivity contribution in [2.45, 2.75) is 206 Å². The highest BCUT2D eigenvalue weighted by molar-refractivity contribution is 4.84. The van der Waals surface area contributed by atoms with Crippen molar-refractivity contribution in [1.29, 1.82) is 0 Å². The lowest BCUT2D eigenvalue weighted by Crippen LogP contribution is -2.31. The highest BCUT2D eigenvalue weighted by Gasteiger charge is 2.33. The lowest BCUT2D eigenvalue weighted by atomic mass is 9.65. The molecular formula is C43H86. The molecular weight excluding hydrogens is 516 g/mol. The zero-order valence-electron chi connectivity index (χ0n) is 32.6. The molecule has 0 aromatic carbocycles. The second-order valence-corrected chi connectivity index (χ2v) is 18.3. The Labute approximate surface area is 275 Å². The number of hydrogen-bond donors (Lipinski definition) is 0. The molecule has 0 heteroatoms. The maximum Gasteiger partial charge on any atom is -0.0323 e. The van der Waals surface area contributed by atoms with E-state index in [4.69, 9.17) is 0 Å². The molecule has 0 amide bonds. The first-order chi connectivity index (χ1) is 20.2. The monoisotopic (exact) mass is 603 g/mol. The topological polar surface area (TPSA) is 0 Å². The molecule has 0 spiro atoms. The zero-order valence-corrected chi connectivity index (χ0v) is 32.6. The van der Waals surface area contributed by atoms with Crippen LogP contribution < -0.4 is 0 Å². The van der Waals surface area contributed by atoms with Gasteiger partial charge >= 0.3 is 0 Å². The third-order valence-corrected chi connectivity index (χ3v) is 12.8. The lowest BCUT2D eigenvalue weighted by Gasteiger charge is -2.41. The van der Waals surface area contributed by atoms with Crippen LogP contribution in [0.1, 0.15) is 206 Å². The van der Waals surface area contributed by atoms with Gasteiger partial charge in [0.15, 0.2) is 0 Å². The highest BCUT2D eigenvalue weighted by atomic mass is 14.4. The molecule has 0 aliphatic heterocycles. The maximum atomic E-state index is 2.44. The van der Waals surface area contributed by atoms with E-state index in [2.05, 4.69) is 90.0 Å². The van der Waals surface area contributed by atoms with Gasteiger partial charge in [-0.15, -0.1) is 0 Å². The Balaban J connectivity index is 0.000000287. The fourth-order valence-electron chi connectivity index (χ4n) is 10.2. The minimum absolute atomic E-state index is 0.617. The molecule has 0 aromatic rings. The van der Waals surface area contributed by atoms with Crippen molar-refractivity contribution in [2.75, 3.05) is 0 Å². The molecule has 7 atom stereocenters. The van der Waals surface area contributed by atoms with Crippen molar-refractivity contribution in [1.82, 2.24) is 0 Å². The van der Waals surface area contributed by atoms with Crippen LogP contribution in [0.15, 0.2) is 0 Å². The highest BCUT2D eigenvalue weighted by Crippen LogP contribution is 2.44. The van der Waals surface area contributed by atoms with Gasteiger partial charge in [-0.3, -0.25) is 0 Å². The molecule has 0 radical (unpaired) electrons. The molecule has 0 aromatic heterocycles. The second-order valence-electron chi connectivity index (χ2n) is 18.3. The molecule has 0 N–H and O–H groups in total. The van der Waals surface area contributed by atoms with Crippen LogP contribution in [0.5, 0.6) is 0 Å². The Bertz CT molecular complexity index is 627. The molecule has 7 unspecified atom stereocenters.